The molecule has 0 N–H and O–H groups in total. The summed E-state index contributed by atoms with van der Waals surface area (Å²) in [6.45, 7) is 4.66. The van der Waals surface area contributed by atoms with Crippen LogP contribution in [-0.4, -0.2) is 12.4 Å². The van der Waals surface area contributed by atoms with Crippen LogP contribution in [0.1, 0.15) is 126 Å². The predicted octanol–water partition coefficient (Wildman–Crippen LogP) is 8.59. The molecule has 1 heterocycles. The Balaban J connectivity index is 1.76. The van der Waals surface area contributed by atoms with E-state index in [-0.39, 0.29) is 5.78 Å². The van der Waals surface area contributed by atoms with Crippen molar-refractivity contribution in [1.29, 1.82) is 0 Å². The molecule has 156 valence electrons. The highest BCUT2D eigenvalue weighted by atomic mass is 32.1. The number of carbonyl (C=O) groups is 1. The second-order valence-corrected chi connectivity index (χ2v) is 8.87. The van der Waals surface area contributed by atoms with E-state index in [1.165, 1.54) is 108 Å². The van der Waals surface area contributed by atoms with Gasteiger partial charge < -0.3 is 4.74 Å². The molecule has 1 aromatic rings. The number of hydrogen-bond acceptors (Lipinski definition) is 3. The molecule has 0 fully saturated rings. The molecule has 0 aromatic carbocycles. The number of carbonyl (C=O) groups excluding carboxylic acids is 1. The van der Waals surface area contributed by atoms with Crippen LogP contribution in [0.2, 0.25) is 0 Å². The third-order valence-electron chi connectivity index (χ3n) is 5.17. The fourth-order valence-electron chi connectivity index (χ4n) is 3.41. The maximum Gasteiger partial charge on any atom is 0.174 e. The van der Waals surface area contributed by atoms with Gasteiger partial charge in [0, 0.05) is 0 Å². The first kappa shape index (κ1) is 24.2. The lowest BCUT2D eigenvalue weighted by atomic mass is 10.0. The molecule has 0 bridgehead atoms. The molecule has 0 saturated heterocycles. The minimum absolute atomic E-state index is 0.122. The van der Waals surface area contributed by atoms with Crippen LogP contribution in [0.4, 0.5) is 0 Å². The maximum absolute atomic E-state index is 11.2. The number of ether oxygens (including phenoxy) is 1. The average Bonchev–Trinajstić information content (AvgIpc) is 3.13. The van der Waals surface area contributed by atoms with Gasteiger partial charge in [-0.05, 0) is 25.5 Å². The SMILES string of the molecule is CCCCCCCCCCCCCCCCCCOc1ccc(C(C)=O)s1. The summed E-state index contributed by atoms with van der Waals surface area (Å²) in [5.74, 6) is 0.122. The summed E-state index contributed by atoms with van der Waals surface area (Å²) in [7, 11) is 0. The molecule has 0 unspecified atom stereocenters. The van der Waals surface area contributed by atoms with E-state index in [4.69, 9.17) is 4.74 Å². The van der Waals surface area contributed by atoms with Crippen LogP contribution in [0.5, 0.6) is 5.06 Å². The van der Waals surface area contributed by atoms with Crippen molar-refractivity contribution in [3.05, 3.63) is 17.0 Å². The van der Waals surface area contributed by atoms with Crippen molar-refractivity contribution in [2.45, 2.75) is 117 Å². The molecule has 0 aliphatic carbocycles. The molecule has 0 radical (unpaired) electrons. The summed E-state index contributed by atoms with van der Waals surface area (Å²) in [6, 6.07) is 3.77. The van der Waals surface area contributed by atoms with Crippen molar-refractivity contribution in [2.75, 3.05) is 6.61 Å². The third kappa shape index (κ3) is 13.9. The monoisotopic (exact) mass is 394 g/mol. The van der Waals surface area contributed by atoms with Gasteiger partial charge in [0.25, 0.3) is 0 Å². The summed E-state index contributed by atoms with van der Waals surface area (Å²) >= 11 is 1.46. The van der Waals surface area contributed by atoms with Crippen LogP contribution in [0, 0.1) is 0 Å². The van der Waals surface area contributed by atoms with Gasteiger partial charge in [0.1, 0.15) is 0 Å². The highest BCUT2D eigenvalue weighted by Gasteiger charge is 2.04. The highest BCUT2D eigenvalue weighted by molar-refractivity contribution is 7.15. The fourth-order valence-corrected chi connectivity index (χ4v) is 4.18. The van der Waals surface area contributed by atoms with Crippen molar-refractivity contribution in [3.8, 4) is 5.06 Å². The molecule has 0 saturated carbocycles. The number of rotatable bonds is 19. The van der Waals surface area contributed by atoms with Crippen LogP contribution >= 0.6 is 11.3 Å². The van der Waals surface area contributed by atoms with E-state index in [0.29, 0.717) is 0 Å². The minimum Gasteiger partial charge on any atom is -0.484 e. The lowest BCUT2D eigenvalue weighted by Gasteiger charge is -2.04. The Kier molecular flexibility index (Phi) is 15.5. The van der Waals surface area contributed by atoms with Gasteiger partial charge in [-0.1, -0.05) is 115 Å². The molecule has 1 rings (SSSR count). The molecule has 0 spiro atoms. The second kappa shape index (κ2) is 17.3. The van der Waals surface area contributed by atoms with Crippen LogP contribution in [0.3, 0.4) is 0 Å². The number of unbranched alkanes of at least 4 members (excludes halogenated alkanes) is 15. The van der Waals surface area contributed by atoms with E-state index >= 15 is 0 Å². The van der Waals surface area contributed by atoms with E-state index < -0.39 is 0 Å². The summed E-state index contributed by atoms with van der Waals surface area (Å²) in [5.41, 5.74) is 0. The Hall–Kier alpha value is -0.830. The molecule has 1 aromatic heterocycles. The van der Waals surface area contributed by atoms with E-state index in [9.17, 15) is 4.79 Å². The third-order valence-corrected chi connectivity index (χ3v) is 6.27. The first-order valence-corrected chi connectivity index (χ1v) is 12.3. The van der Waals surface area contributed by atoms with Crippen molar-refractivity contribution < 1.29 is 9.53 Å². The normalized spacial score (nSPS) is 11.0. The van der Waals surface area contributed by atoms with Gasteiger partial charge >= 0.3 is 0 Å². The minimum atomic E-state index is 0.122. The summed E-state index contributed by atoms with van der Waals surface area (Å²) in [6.07, 6.45) is 22.2. The van der Waals surface area contributed by atoms with Crippen molar-refractivity contribution in [3.63, 3.8) is 0 Å². The Morgan fingerprint density at radius 1 is 0.741 bits per heavy atom. The molecule has 2 nitrogen and oxygen atoms in total. The van der Waals surface area contributed by atoms with Gasteiger partial charge in [0.05, 0.1) is 11.5 Å². The molecule has 0 amide bonds. The quantitative estimate of drug-likeness (QED) is 0.173. The van der Waals surface area contributed by atoms with E-state index in [0.717, 1.165) is 23.0 Å². The zero-order valence-corrected chi connectivity index (χ0v) is 18.7. The predicted molar refractivity (Wildman–Crippen MR) is 119 cm³/mol. The number of ketones is 1. The average molecular weight is 395 g/mol. The molecule has 3 heteroatoms. The van der Waals surface area contributed by atoms with Crippen molar-refractivity contribution in [2.24, 2.45) is 0 Å². The molecule has 0 aliphatic rings. The van der Waals surface area contributed by atoms with Crippen LogP contribution in [0.15, 0.2) is 12.1 Å². The van der Waals surface area contributed by atoms with Gasteiger partial charge in [0.15, 0.2) is 10.8 Å². The molecule has 0 aliphatic heterocycles. The fraction of sp³-hybridized carbons (Fsp3) is 0.792. The van der Waals surface area contributed by atoms with Crippen LogP contribution in [-0.2, 0) is 0 Å². The zero-order chi connectivity index (χ0) is 19.6. The maximum atomic E-state index is 11.2. The van der Waals surface area contributed by atoms with Crippen LogP contribution in [0.25, 0.3) is 0 Å². The molecule has 0 atom stereocenters. The Morgan fingerprint density at radius 3 is 1.59 bits per heavy atom. The van der Waals surface area contributed by atoms with E-state index in [2.05, 4.69) is 6.92 Å². The van der Waals surface area contributed by atoms with Crippen molar-refractivity contribution in [1.82, 2.24) is 0 Å². The Bertz CT molecular complexity index is 467. The Morgan fingerprint density at radius 2 is 1.19 bits per heavy atom. The topological polar surface area (TPSA) is 26.3 Å². The number of hydrogen-bond donors (Lipinski definition) is 0. The van der Waals surface area contributed by atoms with Crippen molar-refractivity contribution >= 4 is 17.1 Å². The summed E-state index contributed by atoms with van der Waals surface area (Å²) in [5, 5.41) is 0.876. The lowest BCUT2D eigenvalue weighted by molar-refractivity contribution is 0.102. The smallest absolute Gasteiger partial charge is 0.174 e. The van der Waals surface area contributed by atoms with Gasteiger partial charge in [-0.2, -0.15) is 0 Å². The van der Waals surface area contributed by atoms with Gasteiger partial charge in [-0.3, -0.25) is 4.79 Å². The zero-order valence-electron chi connectivity index (χ0n) is 17.9. The van der Waals surface area contributed by atoms with E-state index in [1.54, 1.807) is 6.92 Å². The first-order chi connectivity index (χ1) is 13.2. The Labute approximate surface area is 172 Å². The largest absolute Gasteiger partial charge is 0.484 e. The van der Waals surface area contributed by atoms with E-state index in [1.807, 2.05) is 12.1 Å². The van der Waals surface area contributed by atoms with Gasteiger partial charge in [-0.25, -0.2) is 0 Å². The number of thiophene rings is 1. The summed E-state index contributed by atoms with van der Waals surface area (Å²) < 4.78 is 5.72. The molecule has 27 heavy (non-hydrogen) atoms. The standard InChI is InChI=1S/C24H42O2S/c1-3-4-5-6-7-8-9-10-11-12-13-14-15-16-17-18-21-26-24-20-19-23(27-24)22(2)25/h19-20H,3-18,21H2,1-2H3. The second-order valence-electron chi connectivity index (χ2n) is 7.83. The highest BCUT2D eigenvalue weighted by Crippen LogP contribution is 2.25. The number of Topliss-reactive ketones (excluding diaryl/α,β-unsaturated/α-hetero) is 1. The van der Waals surface area contributed by atoms with Crippen LogP contribution < -0.4 is 4.74 Å². The first-order valence-electron chi connectivity index (χ1n) is 11.5. The lowest BCUT2D eigenvalue weighted by Crippen LogP contribution is -1.95. The van der Waals surface area contributed by atoms with Gasteiger partial charge in [-0.15, -0.1) is 0 Å². The van der Waals surface area contributed by atoms with Gasteiger partial charge in [0.2, 0.25) is 0 Å². The molecular weight excluding hydrogens is 352 g/mol. The molecular formula is C24H42O2S. The summed E-state index contributed by atoms with van der Waals surface area (Å²) in [4.78, 5) is 12.0.